The molecule has 0 saturated heterocycles. The van der Waals surface area contributed by atoms with Gasteiger partial charge in [-0.1, -0.05) is 18.2 Å². The second kappa shape index (κ2) is 7.91. The van der Waals surface area contributed by atoms with E-state index in [4.69, 9.17) is 10.8 Å². The van der Waals surface area contributed by atoms with Crippen molar-refractivity contribution in [3.05, 3.63) is 29.8 Å². The van der Waals surface area contributed by atoms with Gasteiger partial charge in [0.1, 0.15) is 6.04 Å². The second-order valence-corrected chi connectivity index (χ2v) is 5.41. The molecule has 6 heteroatoms. The first-order valence-corrected chi connectivity index (χ1v) is 7.55. The van der Waals surface area contributed by atoms with E-state index in [1.807, 2.05) is 38.1 Å². The van der Waals surface area contributed by atoms with Crippen LogP contribution in [0.2, 0.25) is 0 Å². The minimum Gasteiger partial charge on any atom is -0.480 e. The quantitative estimate of drug-likeness (QED) is 0.796. The van der Waals surface area contributed by atoms with Crippen molar-refractivity contribution < 1.29 is 14.7 Å². The number of carboxylic acid groups (broad SMARTS) is 1. The largest absolute Gasteiger partial charge is 0.480 e. The van der Waals surface area contributed by atoms with Gasteiger partial charge in [-0.25, -0.2) is 0 Å². The van der Waals surface area contributed by atoms with Gasteiger partial charge in [-0.2, -0.15) is 0 Å². The van der Waals surface area contributed by atoms with E-state index in [1.54, 1.807) is 4.90 Å². The Morgan fingerprint density at radius 1 is 1.40 bits per heavy atom. The number of nitrogens with two attached hydrogens (primary N) is 1. The van der Waals surface area contributed by atoms with Gasteiger partial charge in [-0.15, -0.1) is 11.8 Å². The van der Waals surface area contributed by atoms with Crippen molar-refractivity contribution in [2.45, 2.75) is 19.9 Å². The molecular weight excluding hydrogens is 276 g/mol. The summed E-state index contributed by atoms with van der Waals surface area (Å²) >= 11 is 1.24. The molecule has 1 aromatic carbocycles. The number of aliphatic carboxylic acids is 1. The number of hydrogen-bond donors (Lipinski definition) is 2. The first-order valence-electron chi connectivity index (χ1n) is 6.39. The molecule has 5 nitrogen and oxygen atoms in total. The first-order chi connectivity index (χ1) is 9.47. The summed E-state index contributed by atoms with van der Waals surface area (Å²) < 4.78 is 0. The third-order valence-corrected chi connectivity index (χ3v) is 3.91. The van der Waals surface area contributed by atoms with Crippen LogP contribution in [0.25, 0.3) is 0 Å². The second-order valence-electron chi connectivity index (χ2n) is 4.38. The molecule has 0 aliphatic heterocycles. The van der Waals surface area contributed by atoms with E-state index in [2.05, 4.69) is 0 Å². The number of amides is 1. The van der Waals surface area contributed by atoms with Crippen molar-refractivity contribution in [2.24, 2.45) is 5.73 Å². The van der Waals surface area contributed by atoms with Crippen LogP contribution in [0.1, 0.15) is 12.5 Å². The van der Waals surface area contributed by atoms with Crippen LogP contribution in [0, 0.1) is 6.92 Å². The van der Waals surface area contributed by atoms with Crippen LogP contribution >= 0.6 is 11.8 Å². The normalized spacial score (nSPS) is 11.9. The van der Waals surface area contributed by atoms with E-state index in [0.717, 1.165) is 11.3 Å². The number of para-hydroxylation sites is 1. The van der Waals surface area contributed by atoms with Gasteiger partial charge >= 0.3 is 5.97 Å². The summed E-state index contributed by atoms with van der Waals surface area (Å²) in [7, 11) is 0. The number of aryl methyl sites for hydroxylation is 1. The lowest BCUT2D eigenvalue weighted by Gasteiger charge is -2.23. The number of carbonyl (C=O) groups excluding carboxylic acids is 1. The molecule has 0 radical (unpaired) electrons. The van der Waals surface area contributed by atoms with Crippen LogP contribution in [-0.2, 0) is 9.59 Å². The highest BCUT2D eigenvalue weighted by Gasteiger charge is 2.17. The maximum absolute atomic E-state index is 12.2. The summed E-state index contributed by atoms with van der Waals surface area (Å²) in [6.45, 7) is 4.45. The van der Waals surface area contributed by atoms with E-state index in [0.29, 0.717) is 6.54 Å². The summed E-state index contributed by atoms with van der Waals surface area (Å²) in [5.74, 6) is -0.629. The molecule has 0 aliphatic rings. The summed E-state index contributed by atoms with van der Waals surface area (Å²) in [4.78, 5) is 24.5. The van der Waals surface area contributed by atoms with Crippen molar-refractivity contribution in [1.82, 2.24) is 0 Å². The zero-order chi connectivity index (χ0) is 15.1. The molecule has 0 bridgehead atoms. The smallest absolute Gasteiger partial charge is 0.321 e. The topological polar surface area (TPSA) is 83.6 Å². The first kappa shape index (κ1) is 16.5. The van der Waals surface area contributed by atoms with Crippen LogP contribution in [0.3, 0.4) is 0 Å². The zero-order valence-electron chi connectivity index (χ0n) is 11.7. The SMILES string of the molecule is CCN(C(=O)CSCC(N)C(=O)O)c1ccccc1C. The Kier molecular flexibility index (Phi) is 6.54. The molecule has 1 atom stereocenters. The fourth-order valence-electron chi connectivity index (χ4n) is 1.77. The summed E-state index contributed by atoms with van der Waals surface area (Å²) in [6, 6.07) is 6.76. The minimum atomic E-state index is -1.05. The van der Waals surface area contributed by atoms with Gasteiger partial charge < -0.3 is 15.7 Å². The monoisotopic (exact) mass is 296 g/mol. The van der Waals surface area contributed by atoms with Gasteiger partial charge in [-0.05, 0) is 25.5 Å². The lowest BCUT2D eigenvalue weighted by molar-refractivity contribution is -0.137. The Morgan fingerprint density at radius 3 is 2.60 bits per heavy atom. The van der Waals surface area contributed by atoms with Gasteiger partial charge in [-0.3, -0.25) is 9.59 Å². The molecular formula is C14H20N2O3S. The number of carboxylic acids is 1. The van der Waals surface area contributed by atoms with Crippen LogP contribution in [-0.4, -0.2) is 41.1 Å². The third kappa shape index (κ3) is 4.54. The Bertz CT molecular complexity index is 479. The molecule has 0 heterocycles. The van der Waals surface area contributed by atoms with E-state index in [1.165, 1.54) is 11.8 Å². The third-order valence-electron chi connectivity index (χ3n) is 2.86. The molecule has 3 N–H and O–H groups in total. The molecule has 1 aromatic rings. The Morgan fingerprint density at radius 2 is 2.05 bits per heavy atom. The lowest BCUT2D eigenvalue weighted by atomic mass is 10.2. The number of carbonyl (C=O) groups is 2. The maximum Gasteiger partial charge on any atom is 0.321 e. The molecule has 1 amide bonds. The number of benzene rings is 1. The van der Waals surface area contributed by atoms with E-state index < -0.39 is 12.0 Å². The Hall–Kier alpha value is -1.53. The molecule has 0 fully saturated rings. The van der Waals surface area contributed by atoms with Crippen molar-refractivity contribution in [1.29, 1.82) is 0 Å². The molecule has 1 unspecified atom stereocenters. The van der Waals surface area contributed by atoms with Crippen molar-refractivity contribution in [2.75, 3.05) is 23.0 Å². The van der Waals surface area contributed by atoms with Crippen molar-refractivity contribution in [3.8, 4) is 0 Å². The predicted octanol–water partition coefficient (Wildman–Crippen LogP) is 1.49. The number of anilines is 1. The van der Waals surface area contributed by atoms with Gasteiger partial charge in [0.2, 0.25) is 5.91 Å². The van der Waals surface area contributed by atoms with E-state index >= 15 is 0 Å². The molecule has 0 saturated carbocycles. The maximum atomic E-state index is 12.2. The van der Waals surface area contributed by atoms with Gasteiger partial charge in [0.15, 0.2) is 0 Å². The Balaban J connectivity index is 2.60. The highest BCUT2D eigenvalue weighted by molar-refractivity contribution is 8.00. The molecule has 0 aromatic heterocycles. The fraction of sp³-hybridized carbons (Fsp3) is 0.429. The molecule has 110 valence electrons. The van der Waals surface area contributed by atoms with E-state index in [-0.39, 0.29) is 17.4 Å². The summed E-state index contributed by atoms with van der Waals surface area (Å²) in [6.07, 6.45) is 0. The van der Waals surface area contributed by atoms with Crippen molar-refractivity contribution in [3.63, 3.8) is 0 Å². The number of thioether (sulfide) groups is 1. The molecule has 0 spiro atoms. The average molecular weight is 296 g/mol. The highest BCUT2D eigenvalue weighted by atomic mass is 32.2. The van der Waals surface area contributed by atoms with Crippen LogP contribution in [0.5, 0.6) is 0 Å². The molecule has 0 aliphatic carbocycles. The van der Waals surface area contributed by atoms with Gasteiger partial charge in [0.25, 0.3) is 0 Å². The predicted molar refractivity (Wildman–Crippen MR) is 82.1 cm³/mol. The fourth-order valence-corrected chi connectivity index (χ4v) is 2.61. The average Bonchev–Trinajstić information content (AvgIpc) is 2.41. The number of hydrogen-bond acceptors (Lipinski definition) is 4. The number of nitrogens with zero attached hydrogens (tertiary/aromatic N) is 1. The van der Waals surface area contributed by atoms with Crippen molar-refractivity contribution >= 4 is 29.3 Å². The summed E-state index contributed by atoms with van der Waals surface area (Å²) in [5.41, 5.74) is 7.33. The van der Waals surface area contributed by atoms with Gasteiger partial charge in [0.05, 0.1) is 5.75 Å². The highest BCUT2D eigenvalue weighted by Crippen LogP contribution is 2.20. The summed E-state index contributed by atoms with van der Waals surface area (Å²) in [5, 5.41) is 8.68. The van der Waals surface area contributed by atoms with E-state index in [9.17, 15) is 9.59 Å². The van der Waals surface area contributed by atoms with Crippen LogP contribution in [0.15, 0.2) is 24.3 Å². The number of rotatable bonds is 7. The zero-order valence-corrected chi connectivity index (χ0v) is 12.5. The Labute approximate surface area is 123 Å². The van der Waals surface area contributed by atoms with Gasteiger partial charge in [0, 0.05) is 18.0 Å². The lowest BCUT2D eigenvalue weighted by Crippen LogP contribution is -2.35. The molecule has 20 heavy (non-hydrogen) atoms. The standard InChI is InChI=1S/C14H20N2O3S/c1-3-16(12-7-5-4-6-10(12)2)13(17)9-20-8-11(15)14(18)19/h4-7,11H,3,8-9,15H2,1-2H3,(H,18,19). The minimum absolute atomic E-state index is 0.0376. The molecule has 1 rings (SSSR count). The van der Waals surface area contributed by atoms with Crippen LogP contribution in [0.4, 0.5) is 5.69 Å². The van der Waals surface area contributed by atoms with Crippen LogP contribution < -0.4 is 10.6 Å².